The molecule has 1 saturated carbocycles. The molecule has 9 heteroatoms. The maximum atomic E-state index is 14.5. The quantitative estimate of drug-likeness (QED) is 0.597. The number of halogens is 2. The minimum Gasteiger partial charge on any atom is -0.493 e. The second-order valence-corrected chi connectivity index (χ2v) is 10.0. The smallest absolute Gasteiger partial charge is 0.164 e. The van der Waals surface area contributed by atoms with Crippen LogP contribution < -0.4 is 5.32 Å². The summed E-state index contributed by atoms with van der Waals surface area (Å²) in [7, 11) is 1.62. The first-order valence-electron chi connectivity index (χ1n) is 12.4. The molecule has 188 valence electrons. The van der Waals surface area contributed by atoms with Gasteiger partial charge in [-0.3, -0.25) is 4.90 Å². The SMILES string of the molecule is COC1=CC2=NC=NC(Nc3cccc(Cl)c3F)C2C=C1OC1CCC(N2CCC[C@@H](O)C2)CC1. The number of β-amino-alcohol motifs (C(OH)–C–C–N with tert-alkyl or cyclic N) is 1. The summed E-state index contributed by atoms with van der Waals surface area (Å²) in [4.78, 5) is 11.3. The van der Waals surface area contributed by atoms with E-state index in [1.807, 2.05) is 12.2 Å². The number of rotatable bonds is 6. The van der Waals surface area contributed by atoms with E-state index in [1.165, 1.54) is 12.4 Å². The maximum absolute atomic E-state index is 14.5. The molecule has 2 heterocycles. The fourth-order valence-corrected chi connectivity index (χ4v) is 5.63. The lowest BCUT2D eigenvalue weighted by Crippen LogP contribution is -2.46. The number of piperidine rings is 1. The van der Waals surface area contributed by atoms with Crippen LogP contribution >= 0.6 is 11.6 Å². The van der Waals surface area contributed by atoms with E-state index in [0.717, 1.165) is 57.3 Å². The van der Waals surface area contributed by atoms with Crippen LogP contribution in [0.1, 0.15) is 38.5 Å². The lowest BCUT2D eigenvalue weighted by atomic mass is 9.89. The van der Waals surface area contributed by atoms with Crippen molar-refractivity contribution in [1.82, 2.24) is 4.90 Å². The van der Waals surface area contributed by atoms with Crippen LogP contribution in [0.5, 0.6) is 0 Å². The fraction of sp³-hybridized carbons (Fsp3) is 0.538. The average Bonchev–Trinajstić information content (AvgIpc) is 2.87. The number of nitrogens with zero attached hydrogens (tertiary/aromatic N) is 3. The standard InChI is InChI=1S/C26H32ClFN4O3/c1-34-23-13-22-19(26(30-15-29-22)31-21-6-2-5-20(27)25(21)28)12-24(23)35-18-9-7-16(8-10-18)32-11-3-4-17(33)14-32/h2,5-6,12-13,15-19,26,31,33H,3-4,7-11,14H2,1H3/t16?,17-,18?,19?,26?/m1/s1. The van der Waals surface area contributed by atoms with E-state index in [0.29, 0.717) is 23.2 Å². The summed E-state index contributed by atoms with van der Waals surface area (Å²) in [6, 6.07) is 5.36. The van der Waals surface area contributed by atoms with Gasteiger partial charge in [-0.1, -0.05) is 17.7 Å². The zero-order valence-electron chi connectivity index (χ0n) is 19.9. The van der Waals surface area contributed by atoms with Crippen molar-refractivity contribution in [1.29, 1.82) is 0 Å². The molecule has 0 aromatic heterocycles. The fourth-order valence-electron chi connectivity index (χ4n) is 5.45. The summed E-state index contributed by atoms with van der Waals surface area (Å²) in [5, 5.41) is 13.2. The Labute approximate surface area is 210 Å². The highest BCUT2D eigenvalue weighted by Gasteiger charge is 2.34. The number of fused-ring (bicyclic) bond motifs is 1. The number of ether oxygens (including phenoxy) is 2. The second kappa shape index (κ2) is 10.7. The van der Waals surface area contributed by atoms with Gasteiger partial charge in [-0.15, -0.1) is 0 Å². The van der Waals surface area contributed by atoms with Gasteiger partial charge in [0, 0.05) is 18.7 Å². The number of nitrogens with one attached hydrogen (secondary N) is 1. The first-order valence-corrected chi connectivity index (χ1v) is 12.8. The molecule has 7 nitrogen and oxygen atoms in total. The molecular weight excluding hydrogens is 471 g/mol. The molecule has 4 aliphatic rings. The molecule has 0 radical (unpaired) electrons. The van der Waals surface area contributed by atoms with E-state index in [9.17, 15) is 9.50 Å². The predicted octanol–water partition coefficient (Wildman–Crippen LogP) is 4.53. The average molecular weight is 503 g/mol. The topological polar surface area (TPSA) is 78.7 Å². The van der Waals surface area contributed by atoms with Crippen molar-refractivity contribution < 1.29 is 19.0 Å². The number of aliphatic imine (C=N–C) groups is 2. The minimum atomic E-state index is -0.504. The summed E-state index contributed by atoms with van der Waals surface area (Å²) in [6.45, 7) is 1.85. The molecule has 2 unspecified atom stereocenters. The zero-order valence-corrected chi connectivity index (χ0v) is 20.6. The Bertz CT molecular complexity index is 1050. The van der Waals surface area contributed by atoms with Gasteiger partial charge in [-0.2, -0.15) is 0 Å². The normalized spacial score (nSPS) is 31.1. The molecule has 1 aromatic rings. The number of anilines is 1. The van der Waals surface area contributed by atoms with Crippen LogP contribution in [0, 0.1) is 11.7 Å². The molecule has 35 heavy (non-hydrogen) atoms. The molecule has 0 bridgehead atoms. The van der Waals surface area contributed by atoms with Gasteiger partial charge in [0.25, 0.3) is 0 Å². The third-order valence-corrected chi connectivity index (χ3v) is 7.62. The Kier molecular flexibility index (Phi) is 7.41. The molecule has 2 aliphatic carbocycles. The van der Waals surface area contributed by atoms with E-state index in [4.69, 9.17) is 21.1 Å². The summed E-state index contributed by atoms with van der Waals surface area (Å²) < 4.78 is 26.6. The van der Waals surface area contributed by atoms with Gasteiger partial charge in [0.1, 0.15) is 12.5 Å². The summed E-state index contributed by atoms with van der Waals surface area (Å²) >= 11 is 5.95. The molecule has 2 aliphatic heterocycles. The van der Waals surface area contributed by atoms with Gasteiger partial charge in [-0.25, -0.2) is 14.4 Å². The van der Waals surface area contributed by atoms with Crippen molar-refractivity contribution in [2.45, 2.75) is 62.9 Å². The van der Waals surface area contributed by atoms with E-state index in [-0.39, 0.29) is 23.1 Å². The number of benzene rings is 1. The number of hydrogen-bond donors (Lipinski definition) is 2. The largest absolute Gasteiger partial charge is 0.493 e. The first kappa shape index (κ1) is 24.3. The predicted molar refractivity (Wildman–Crippen MR) is 135 cm³/mol. The number of hydrogen-bond acceptors (Lipinski definition) is 7. The number of aliphatic hydroxyl groups excluding tert-OH is 1. The molecule has 5 rings (SSSR count). The van der Waals surface area contributed by atoms with Crippen LogP contribution in [-0.2, 0) is 9.47 Å². The van der Waals surface area contributed by atoms with Crippen molar-refractivity contribution in [3.05, 3.63) is 52.7 Å². The summed E-state index contributed by atoms with van der Waals surface area (Å²) in [6.07, 6.45) is 10.7. The van der Waals surface area contributed by atoms with Gasteiger partial charge in [0.15, 0.2) is 17.3 Å². The Balaban J connectivity index is 1.26. The number of likely N-dealkylation sites (tertiary alicyclic amines) is 1. The molecule has 0 spiro atoms. The molecule has 2 fully saturated rings. The molecular formula is C26H32ClFN4O3. The molecule has 0 amide bonds. The molecule has 2 N–H and O–H groups in total. The Morgan fingerprint density at radius 2 is 2.00 bits per heavy atom. The first-order chi connectivity index (χ1) is 17.0. The van der Waals surface area contributed by atoms with Crippen LogP contribution in [0.4, 0.5) is 10.1 Å². The van der Waals surface area contributed by atoms with E-state index in [2.05, 4.69) is 20.2 Å². The lowest BCUT2D eigenvalue weighted by molar-refractivity contribution is 0.00741. The monoisotopic (exact) mass is 502 g/mol. The zero-order chi connectivity index (χ0) is 24.4. The van der Waals surface area contributed by atoms with Gasteiger partial charge < -0.3 is 19.9 Å². The van der Waals surface area contributed by atoms with Crippen molar-refractivity contribution in [2.75, 3.05) is 25.5 Å². The van der Waals surface area contributed by atoms with Gasteiger partial charge in [0.2, 0.25) is 0 Å². The van der Waals surface area contributed by atoms with Crippen LogP contribution in [0.3, 0.4) is 0 Å². The van der Waals surface area contributed by atoms with Gasteiger partial charge in [-0.05, 0) is 63.3 Å². The second-order valence-electron chi connectivity index (χ2n) is 9.62. The van der Waals surface area contributed by atoms with Gasteiger partial charge in [0.05, 0.1) is 41.7 Å². The molecule has 1 saturated heterocycles. The summed E-state index contributed by atoms with van der Waals surface area (Å²) in [5.41, 5.74) is 1.07. The highest BCUT2D eigenvalue weighted by atomic mass is 35.5. The highest BCUT2D eigenvalue weighted by molar-refractivity contribution is 6.31. The van der Waals surface area contributed by atoms with Crippen molar-refractivity contribution in [2.24, 2.45) is 15.9 Å². The Morgan fingerprint density at radius 1 is 1.17 bits per heavy atom. The third kappa shape index (κ3) is 5.39. The van der Waals surface area contributed by atoms with E-state index < -0.39 is 12.0 Å². The Hall–Kier alpha value is -2.42. The van der Waals surface area contributed by atoms with Crippen LogP contribution in [0.15, 0.2) is 51.9 Å². The van der Waals surface area contributed by atoms with Gasteiger partial charge >= 0.3 is 0 Å². The van der Waals surface area contributed by atoms with E-state index in [1.54, 1.807) is 19.2 Å². The van der Waals surface area contributed by atoms with Crippen molar-refractivity contribution >= 4 is 29.3 Å². The van der Waals surface area contributed by atoms with E-state index >= 15 is 0 Å². The highest BCUT2D eigenvalue weighted by Crippen LogP contribution is 2.34. The third-order valence-electron chi connectivity index (χ3n) is 7.33. The van der Waals surface area contributed by atoms with Crippen molar-refractivity contribution in [3.8, 4) is 0 Å². The molecule has 3 atom stereocenters. The van der Waals surface area contributed by atoms with Crippen molar-refractivity contribution in [3.63, 3.8) is 0 Å². The number of methoxy groups -OCH3 is 1. The Morgan fingerprint density at radius 3 is 2.77 bits per heavy atom. The van der Waals surface area contributed by atoms with Crippen LogP contribution in [0.25, 0.3) is 0 Å². The lowest BCUT2D eigenvalue weighted by Gasteiger charge is -2.40. The maximum Gasteiger partial charge on any atom is 0.164 e. The molecule has 1 aromatic carbocycles. The van der Waals surface area contributed by atoms with Crippen LogP contribution in [-0.4, -0.2) is 66.7 Å². The summed E-state index contributed by atoms with van der Waals surface area (Å²) in [5.74, 6) is 0.558. The van der Waals surface area contributed by atoms with Crippen LogP contribution in [0.2, 0.25) is 5.02 Å². The minimum absolute atomic E-state index is 0.0584. The number of aliphatic hydroxyl groups is 1. The number of allylic oxidation sites excluding steroid dienone is 1.